The van der Waals surface area contributed by atoms with Crippen LogP contribution in [0.15, 0.2) is 18.2 Å². The monoisotopic (exact) mass is 222 g/mol. The van der Waals surface area contributed by atoms with Gasteiger partial charge in [-0.05, 0) is 42.9 Å². The van der Waals surface area contributed by atoms with E-state index in [1.54, 1.807) is 12.1 Å². The van der Waals surface area contributed by atoms with Gasteiger partial charge in [0.2, 0.25) is 0 Å². The second-order valence-corrected chi connectivity index (χ2v) is 3.78. The van der Waals surface area contributed by atoms with Crippen LogP contribution < -0.4 is 0 Å². The molecule has 0 radical (unpaired) electrons. The van der Waals surface area contributed by atoms with Crippen LogP contribution in [-0.4, -0.2) is 22.8 Å². The minimum Gasteiger partial charge on any atom is -0.478 e. The van der Waals surface area contributed by atoms with Crippen LogP contribution in [0.25, 0.3) is 0 Å². The number of carbonyl (C=O) groups is 1. The Bertz CT molecular complexity index is 358. The molecular formula is C13H18O3. The molecule has 0 saturated carbocycles. The van der Waals surface area contributed by atoms with Crippen molar-refractivity contribution in [2.75, 3.05) is 6.61 Å². The molecule has 0 unspecified atom stereocenters. The lowest BCUT2D eigenvalue weighted by molar-refractivity contribution is 0.0695. The number of hydrogen-bond donors (Lipinski definition) is 2. The summed E-state index contributed by atoms with van der Waals surface area (Å²) >= 11 is 0. The number of aliphatic hydroxyl groups excluding tert-OH is 1. The van der Waals surface area contributed by atoms with Crippen LogP contribution in [0.5, 0.6) is 0 Å². The van der Waals surface area contributed by atoms with Crippen LogP contribution in [-0.2, 0) is 12.8 Å². The van der Waals surface area contributed by atoms with Crippen LogP contribution in [0.2, 0.25) is 0 Å². The topological polar surface area (TPSA) is 57.5 Å². The summed E-state index contributed by atoms with van der Waals surface area (Å²) in [4.78, 5) is 11.1. The highest BCUT2D eigenvalue weighted by molar-refractivity contribution is 5.89. The predicted molar refractivity (Wildman–Crippen MR) is 62.8 cm³/mol. The largest absolute Gasteiger partial charge is 0.478 e. The molecule has 0 spiro atoms. The molecule has 2 N–H and O–H groups in total. The van der Waals surface area contributed by atoms with E-state index >= 15 is 0 Å². The molecule has 0 aliphatic rings. The Morgan fingerprint density at radius 1 is 1.31 bits per heavy atom. The fourth-order valence-corrected chi connectivity index (χ4v) is 1.88. The van der Waals surface area contributed by atoms with E-state index in [0.717, 1.165) is 36.8 Å². The highest BCUT2D eigenvalue weighted by Crippen LogP contribution is 2.18. The lowest BCUT2D eigenvalue weighted by Gasteiger charge is -2.10. The SMILES string of the molecule is CCc1cccc(C(=O)O)c1CCCCO. The summed E-state index contributed by atoms with van der Waals surface area (Å²) in [6.07, 6.45) is 3.12. The summed E-state index contributed by atoms with van der Waals surface area (Å²) < 4.78 is 0. The zero-order chi connectivity index (χ0) is 12.0. The molecule has 0 amide bonds. The Kier molecular flexibility index (Phi) is 4.99. The van der Waals surface area contributed by atoms with Crippen molar-refractivity contribution in [1.82, 2.24) is 0 Å². The highest BCUT2D eigenvalue weighted by Gasteiger charge is 2.12. The number of rotatable bonds is 6. The van der Waals surface area contributed by atoms with E-state index in [-0.39, 0.29) is 6.61 Å². The lowest BCUT2D eigenvalue weighted by atomic mass is 9.95. The summed E-state index contributed by atoms with van der Waals surface area (Å²) in [5.74, 6) is -0.866. The van der Waals surface area contributed by atoms with Crippen molar-refractivity contribution in [3.8, 4) is 0 Å². The molecular weight excluding hydrogens is 204 g/mol. The van der Waals surface area contributed by atoms with Crippen molar-refractivity contribution in [2.45, 2.75) is 32.6 Å². The molecule has 16 heavy (non-hydrogen) atoms. The molecule has 0 atom stereocenters. The van der Waals surface area contributed by atoms with Gasteiger partial charge in [0.25, 0.3) is 0 Å². The quantitative estimate of drug-likeness (QED) is 0.726. The summed E-state index contributed by atoms with van der Waals surface area (Å²) in [5.41, 5.74) is 2.42. The van der Waals surface area contributed by atoms with Gasteiger partial charge in [-0.3, -0.25) is 0 Å². The van der Waals surface area contributed by atoms with Gasteiger partial charge in [-0.1, -0.05) is 19.1 Å². The first kappa shape index (κ1) is 12.7. The molecule has 0 fully saturated rings. The van der Waals surface area contributed by atoms with E-state index in [1.807, 2.05) is 13.0 Å². The van der Waals surface area contributed by atoms with Crippen molar-refractivity contribution >= 4 is 5.97 Å². The van der Waals surface area contributed by atoms with Crippen LogP contribution in [0, 0.1) is 0 Å². The number of hydrogen-bond acceptors (Lipinski definition) is 2. The molecule has 0 aliphatic heterocycles. The lowest BCUT2D eigenvalue weighted by Crippen LogP contribution is -2.06. The Balaban J connectivity index is 2.95. The predicted octanol–water partition coefficient (Wildman–Crippen LogP) is 2.26. The van der Waals surface area contributed by atoms with Gasteiger partial charge in [-0.15, -0.1) is 0 Å². The van der Waals surface area contributed by atoms with E-state index in [2.05, 4.69) is 0 Å². The van der Waals surface area contributed by atoms with Gasteiger partial charge in [0, 0.05) is 6.61 Å². The Morgan fingerprint density at radius 2 is 2.06 bits per heavy atom. The number of unbranched alkanes of at least 4 members (excludes halogenated alkanes) is 1. The third kappa shape index (κ3) is 3.07. The second-order valence-electron chi connectivity index (χ2n) is 3.78. The molecule has 0 heterocycles. The van der Waals surface area contributed by atoms with E-state index in [4.69, 9.17) is 10.2 Å². The fraction of sp³-hybridized carbons (Fsp3) is 0.462. The minimum absolute atomic E-state index is 0.163. The van der Waals surface area contributed by atoms with Crippen molar-refractivity contribution in [2.24, 2.45) is 0 Å². The van der Waals surface area contributed by atoms with Gasteiger partial charge in [-0.2, -0.15) is 0 Å². The number of aryl methyl sites for hydroxylation is 1. The maximum atomic E-state index is 11.1. The van der Waals surface area contributed by atoms with Crippen molar-refractivity contribution in [3.63, 3.8) is 0 Å². The standard InChI is InChI=1S/C13H18O3/c1-2-10-6-5-8-12(13(15)16)11(10)7-3-4-9-14/h5-6,8,14H,2-4,7,9H2,1H3,(H,15,16). The van der Waals surface area contributed by atoms with E-state index in [1.165, 1.54) is 0 Å². The van der Waals surface area contributed by atoms with Gasteiger partial charge in [0.1, 0.15) is 0 Å². The molecule has 1 rings (SSSR count). The van der Waals surface area contributed by atoms with Gasteiger partial charge < -0.3 is 10.2 Å². The summed E-state index contributed by atoms with van der Waals surface area (Å²) in [7, 11) is 0. The van der Waals surface area contributed by atoms with E-state index in [0.29, 0.717) is 5.56 Å². The zero-order valence-electron chi connectivity index (χ0n) is 9.57. The first-order valence-electron chi connectivity index (χ1n) is 5.65. The van der Waals surface area contributed by atoms with Crippen LogP contribution in [0.1, 0.15) is 41.3 Å². The van der Waals surface area contributed by atoms with Gasteiger partial charge in [0.15, 0.2) is 0 Å². The average molecular weight is 222 g/mol. The zero-order valence-corrected chi connectivity index (χ0v) is 9.57. The van der Waals surface area contributed by atoms with Crippen molar-refractivity contribution in [3.05, 3.63) is 34.9 Å². The van der Waals surface area contributed by atoms with Gasteiger partial charge in [0.05, 0.1) is 5.56 Å². The van der Waals surface area contributed by atoms with E-state index in [9.17, 15) is 4.79 Å². The molecule has 88 valence electrons. The number of aliphatic hydroxyl groups is 1. The molecule has 0 bridgehead atoms. The van der Waals surface area contributed by atoms with Crippen molar-refractivity contribution < 1.29 is 15.0 Å². The van der Waals surface area contributed by atoms with Crippen LogP contribution in [0.4, 0.5) is 0 Å². The third-order valence-electron chi connectivity index (χ3n) is 2.72. The molecule has 0 aliphatic carbocycles. The molecule has 3 heteroatoms. The second kappa shape index (κ2) is 6.28. The number of aromatic carboxylic acids is 1. The Labute approximate surface area is 95.7 Å². The molecule has 1 aromatic rings. The summed E-state index contributed by atoms with van der Waals surface area (Å²) in [6, 6.07) is 5.41. The number of carboxylic acids is 1. The van der Waals surface area contributed by atoms with Gasteiger partial charge >= 0.3 is 5.97 Å². The highest BCUT2D eigenvalue weighted by atomic mass is 16.4. The Hall–Kier alpha value is -1.35. The minimum atomic E-state index is -0.866. The van der Waals surface area contributed by atoms with Gasteiger partial charge in [-0.25, -0.2) is 4.79 Å². The fourth-order valence-electron chi connectivity index (χ4n) is 1.88. The molecule has 0 aromatic heterocycles. The van der Waals surface area contributed by atoms with Crippen molar-refractivity contribution in [1.29, 1.82) is 0 Å². The summed E-state index contributed by atoms with van der Waals surface area (Å²) in [5, 5.41) is 17.8. The Morgan fingerprint density at radius 3 is 2.62 bits per heavy atom. The maximum absolute atomic E-state index is 11.1. The smallest absolute Gasteiger partial charge is 0.335 e. The van der Waals surface area contributed by atoms with Crippen LogP contribution in [0.3, 0.4) is 0 Å². The normalized spacial score (nSPS) is 10.4. The third-order valence-corrected chi connectivity index (χ3v) is 2.72. The first-order chi connectivity index (χ1) is 7.70. The number of carboxylic acid groups (broad SMARTS) is 1. The number of benzene rings is 1. The van der Waals surface area contributed by atoms with Crippen LogP contribution >= 0.6 is 0 Å². The molecule has 0 saturated heterocycles. The first-order valence-corrected chi connectivity index (χ1v) is 5.65. The average Bonchev–Trinajstić information content (AvgIpc) is 2.29. The maximum Gasteiger partial charge on any atom is 0.335 e. The van der Waals surface area contributed by atoms with E-state index < -0.39 is 5.97 Å². The molecule has 3 nitrogen and oxygen atoms in total. The summed E-state index contributed by atoms with van der Waals surface area (Å²) in [6.45, 7) is 2.19. The molecule has 1 aromatic carbocycles.